The monoisotopic (exact) mass is 231 g/mol. The van der Waals surface area contributed by atoms with E-state index in [2.05, 4.69) is 5.32 Å². The first kappa shape index (κ1) is 12.4. The summed E-state index contributed by atoms with van der Waals surface area (Å²) in [5, 5.41) is 10.8. The van der Waals surface area contributed by atoms with Gasteiger partial charge in [-0.3, -0.25) is 0 Å². The molecule has 1 unspecified atom stereocenters. The Morgan fingerprint density at radius 2 is 2.20 bits per heavy atom. The van der Waals surface area contributed by atoms with Crippen molar-refractivity contribution in [2.24, 2.45) is 0 Å². The number of sulfonamides is 1. The largest absolute Gasteiger partial charge is 0.313 e. The Labute approximate surface area is 91.1 Å². The molecule has 1 atom stereocenters. The molecule has 0 aromatic heterocycles. The molecule has 0 aromatic carbocycles. The minimum absolute atomic E-state index is 0.0331. The molecule has 0 saturated carbocycles. The molecule has 1 heterocycles. The zero-order valence-electron chi connectivity index (χ0n) is 9.10. The molecule has 1 aliphatic rings. The molecule has 1 fully saturated rings. The van der Waals surface area contributed by atoms with E-state index in [1.165, 1.54) is 11.2 Å². The molecule has 0 radical (unpaired) electrons. The Hall–Kier alpha value is -0.640. The van der Waals surface area contributed by atoms with Gasteiger partial charge in [-0.1, -0.05) is 6.92 Å². The van der Waals surface area contributed by atoms with Crippen molar-refractivity contribution in [3.05, 3.63) is 0 Å². The first-order chi connectivity index (χ1) is 7.04. The molecular weight excluding hydrogens is 214 g/mol. The van der Waals surface area contributed by atoms with Crippen molar-refractivity contribution >= 4 is 10.0 Å². The average Bonchev–Trinajstić information content (AvgIpc) is 2.13. The Morgan fingerprint density at radius 3 is 2.53 bits per heavy atom. The lowest BCUT2D eigenvalue weighted by molar-refractivity contribution is 0.241. The molecule has 5 nitrogen and oxygen atoms in total. The minimum Gasteiger partial charge on any atom is -0.313 e. The summed E-state index contributed by atoms with van der Waals surface area (Å²) in [6, 6.07) is 1.83. The van der Waals surface area contributed by atoms with Crippen LogP contribution >= 0.6 is 0 Å². The first-order valence-corrected chi connectivity index (χ1v) is 6.65. The third kappa shape index (κ3) is 2.48. The summed E-state index contributed by atoms with van der Waals surface area (Å²) < 4.78 is 25.4. The molecule has 0 aromatic rings. The number of nitriles is 1. The van der Waals surface area contributed by atoms with Crippen molar-refractivity contribution < 1.29 is 8.42 Å². The fourth-order valence-corrected chi connectivity index (χ4v) is 3.03. The first-order valence-electron chi connectivity index (χ1n) is 5.15. The highest BCUT2D eigenvalue weighted by molar-refractivity contribution is 7.90. The van der Waals surface area contributed by atoms with E-state index in [1.807, 2.05) is 6.92 Å². The van der Waals surface area contributed by atoms with Crippen LogP contribution in [-0.2, 0) is 10.0 Å². The second-order valence-electron chi connectivity index (χ2n) is 3.74. The summed E-state index contributed by atoms with van der Waals surface area (Å²) in [5.74, 6) is 0. The van der Waals surface area contributed by atoms with Crippen molar-refractivity contribution in [2.45, 2.75) is 31.6 Å². The molecule has 0 bridgehead atoms. The highest BCUT2D eigenvalue weighted by Gasteiger charge is 2.36. The van der Waals surface area contributed by atoms with E-state index in [0.717, 1.165) is 6.42 Å². The van der Waals surface area contributed by atoms with Gasteiger partial charge in [0, 0.05) is 25.7 Å². The summed E-state index contributed by atoms with van der Waals surface area (Å²) in [6.45, 7) is 5.26. The molecule has 6 heteroatoms. The molecule has 1 N–H and O–H groups in total. The third-order valence-electron chi connectivity index (χ3n) is 2.57. The van der Waals surface area contributed by atoms with E-state index in [-0.39, 0.29) is 6.04 Å². The lowest BCUT2D eigenvalue weighted by atomic mass is 10.2. The highest BCUT2D eigenvalue weighted by Crippen LogP contribution is 2.16. The highest BCUT2D eigenvalue weighted by atomic mass is 32.2. The number of nitrogens with zero attached hydrogens (tertiary/aromatic N) is 2. The van der Waals surface area contributed by atoms with Crippen LogP contribution in [0.1, 0.15) is 20.3 Å². The van der Waals surface area contributed by atoms with E-state index in [1.54, 1.807) is 6.07 Å². The smallest absolute Gasteiger partial charge is 0.230 e. The molecule has 15 heavy (non-hydrogen) atoms. The predicted octanol–water partition coefficient (Wildman–Crippen LogP) is -0.0879. The quantitative estimate of drug-likeness (QED) is 0.718. The van der Waals surface area contributed by atoms with Gasteiger partial charge in [-0.05, 0) is 13.3 Å². The molecule has 86 valence electrons. The van der Waals surface area contributed by atoms with Gasteiger partial charge in [0.25, 0.3) is 0 Å². The van der Waals surface area contributed by atoms with Crippen molar-refractivity contribution in [1.29, 1.82) is 5.26 Å². The van der Waals surface area contributed by atoms with Gasteiger partial charge in [-0.25, -0.2) is 8.42 Å². The molecular formula is C9H17N3O2S. The molecule has 1 rings (SSSR count). The van der Waals surface area contributed by atoms with E-state index >= 15 is 0 Å². The van der Waals surface area contributed by atoms with Crippen LogP contribution in [0.15, 0.2) is 0 Å². The second kappa shape index (κ2) is 4.92. The van der Waals surface area contributed by atoms with Crippen LogP contribution in [0.25, 0.3) is 0 Å². The van der Waals surface area contributed by atoms with Gasteiger partial charge in [-0.2, -0.15) is 9.57 Å². The topological polar surface area (TPSA) is 73.2 Å². The minimum atomic E-state index is -3.44. The maximum atomic E-state index is 12.0. The summed E-state index contributed by atoms with van der Waals surface area (Å²) in [7, 11) is -3.44. The Kier molecular flexibility index (Phi) is 4.08. The van der Waals surface area contributed by atoms with E-state index in [0.29, 0.717) is 19.6 Å². The zero-order chi connectivity index (χ0) is 11.5. The Morgan fingerprint density at radius 1 is 1.60 bits per heavy atom. The Bertz CT molecular complexity index is 343. The summed E-state index contributed by atoms with van der Waals surface area (Å²) in [5.41, 5.74) is 0. The van der Waals surface area contributed by atoms with E-state index in [4.69, 9.17) is 5.26 Å². The molecule has 0 amide bonds. The average molecular weight is 231 g/mol. The van der Waals surface area contributed by atoms with E-state index < -0.39 is 15.3 Å². The SMILES string of the molecule is CCCN(C1CNC1)S(=O)(=O)C(C)C#N. The van der Waals surface area contributed by atoms with Crippen LogP contribution in [0.4, 0.5) is 0 Å². The maximum absolute atomic E-state index is 12.0. The number of hydrogen-bond donors (Lipinski definition) is 1. The van der Waals surface area contributed by atoms with Crippen LogP contribution in [0.2, 0.25) is 0 Å². The third-order valence-corrected chi connectivity index (χ3v) is 4.70. The Balaban J connectivity index is 2.83. The number of hydrogen-bond acceptors (Lipinski definition) is 4. The van der Waals surface area contributed by atoms with Crippen molar-refractivity contribution in [2.75, 3.05) is 19.6 Å². The van der Waals surface area contributed by atoms with Crippen LogP contribution < -0.4 is 5.32 Å². The van der Waals surface area contributed by atoms with Crippen LogP contribution in [0, 0.1) is 11.3 Å². The summed E-state index contributed by atoms with van der Waals surface area (Å²) >= 11 is 0. The van der Waals surface area contributed by atoms with Crippen molar-refractivity contribution in [3.63, 3.8) is 0 Å². The van der Waals surface area contributed by atoms with Gasteiger partial charge in [0.2, 0.25) is 10.0 Å². The molecule has 1 aliphatic heterocycles. The fourth-order valence-electron chi connectivity index (χ4n) is 1.48. The van der Waals surface area contributed by atoms with Crippen LogP contribution in [-0.4, -0.2) is 43.6 Å². The fraction of sp³-hybridized carbons (Fsp3) is 0.889. The van der Waals surface area contributed by atoms with Gasteiger partial charge in [-0.15, -0.1) is 0 Å². The number of rotatable bonds is 5. The predicted molar refractivity (Wildman–Crippen MR) is 57.6 cm³/mol. The summed E-state index contributed by atoms with van der Waals surface area (Å²) in [6.07, 6.45) is 0.772. The normalized spacial score (nSPS) is 19.6. The van der Waals surface area contributed by atoms with Crippen molar-refractivity contribution in [3.8, 4) is 6.07 Å². The van der Waals surface area contributed by atoms with Gasteiger partial charge in [0.1, 0.15) is 0 Å². The van der Waals surface area contributed by atoms with Crippen LogP contribution in [0.3, 0.4) is 0 Å². The van der Waals surface area contributed by atoms with Gasteiger partial charge < -0.3 is 5.32 Å². The maximum Gasteiger partial charge on any atom is 0.230 e. The molecule has 0 spiro atoms. The van der Waals surface area contributed by atoms with Crippen molar-refractivity contribution in [1.82, 2.24) is 9.62 Å². The molecule has 1 saturated heterocycles. The summed E-state index contributed by atoms with van der Waals surface area (Å²) in [4.78, 5) is 0. The van der Waals surface area contributed by atoms with Gasteiger partial charge >= 0.3 is 0 Å². The standard InChI is InChI=1S/C9H17N3O2S/c1-3-4-12(9-6-11-7-9)15(13,14)8(2)5-10/h8-9,11H,3-4,6-7H2,1-2H3. The zero-order valence-corrected chi connectivity index (χ0v) is 9.92. The molecule has 0 aliphatic carbocycles. The van der Waals surface area contributed by atoms with Gasteiger partial charge in [0.15, 0.2) is 5.25 Å². The van der Waals surface area contributed by atoms with Gasteiger partial charge in [0.05, 0.1) is 6.07 Å². The lowest BCUT2D eigenvalue weighted by Crippen LogP contribution is -2.60. The lowest BCUT2D eigenvalue weighted by Gasteiger charge is -2.37. The number of nitrogens with one attached hydrogen (secondary N) is 1. The van der Waals surface area contributed by atoms with Crippen LogP contribution in [0.5, 0.6) is 0 Å². The second-order valence-corrected chi connectivity index (χ2v) is 5.95. The van der Waals surface area contributed by atoms with E-state index in [9.17, 15) is 8.42 Å².